The Morgan fingerprint density at radius 1 is 1.39 bits per heavy atom. The van der Waals surface area contributed by atoms with E-state index in [0.29, 0.717) is 32.0 Å². The van der Waals surface area contributed by atoms with Crippen molar-refractivity contribution in [2.45, 2.75) is 31.8 Å². The van der Waals surface area contributed by atoms with Crippen LogP contribution in [0.2, 0.25) is 0 Å². The molecule has 10 heteroatoms. The molecular formula is C18H27N3O7. The van der Waals surface area contributed by atoms with Crippen molar-refractivity contribution in [1.29, 1.82) is 0 Å². The average molecular weight is 397 g/mol. The molecule has 3 N–H and O–H groups in total. The maximum Gasteiger partial charge on any atom is 0.294 e. The van der Waals surface area contributed by atoms with E-state index in [4.69, 9.17) is 9.47 Å². The highest BCUT2D eigenvalue weighted by Gasteiger charge is 2.16. The van der Waals surface area contributed by atoms with E-state index in [9.17, 15) is 20.0 Å². The third kappa shape index (κ3) is 7.97. The molecule has 1 atom stereocenters. The van der Waals surface area contributed by atoms with Crippen molar-refractivity contribution in [2.75, 3.05) is 39.5 Å². The summed E-state index contributed by atoms with van der Waals surface area (Å²) in [5.74, 6) is 1.20. The zero-order valence-electron chi connectivity index (χ0n) is 15.7. The van der Waals surface area contributed by atoms with Gasteiger partial charge in [-0.15, -0.1) is 10.1 Å². The van der Waals surface area contributed by atoms with Crippen LogP contribution < -0.4 is 20.1 Å². The molecule has 1 aromatic carbocycles. The van der Waals surface area contributed by atoms with Gasteiger partial charge in [-0.1, -0.05) is 12.1 Å². The molecular weight excluding hydrogens is 370 g/mol. The van der Waals surface area contributed by atoms with E-state index in [2.05, 4.69) is 15.5 Å². The van der Waals surface area contributed by atoms with E-state index in [1.807, 2.05) is 18.2 Å². The molecule has 1 aliphatic rings. The van der Waals surface area contributed by atoms with Gasteiger partial charge in [-0.25, -0.2) is 0 Å². The van der Waals surface area contributed by atoms with E-state index in [0.717, 1.165) is 24.2 Å². The van der Waals surface area contributed by atoms with Crippen LogP contribution >= 0.6 is 0 Å². The highest BCUT2D eigenvalue weighted by Crippen LogP contribution is 2.34. The third-order valence-corrected chi connectivity index (χ3v) is 4.08. The van der Waals surface area contributed by atoms with Crippen LogP contribution in [0.15, 0.2) is 18.2 Å². The predicted molar refractivity (Wildman–Crippen MR) is 99.8 cm³/mol. The first-order valence-electron chi connectivity index (χ1n) is 9.36. The fourth-order valence-corrected chi connectivity index (χ4v) is 2.74. The van der Waals surface area contributed by atoms with E-state index in [-0.39, 0.29) is 32.0 Å². The molecule has 0 spiro atoms. The summed E-state index contributed by atoms with van der Waals surface area (Å²) in [6.45, 7) is 1.91. The Balaban J connectivity index is 1.53. The number of para-hydroxylation sites is 1. The van der Waals surface area contributed by atoms with Crippen molar-refractivity contribution >= 4 is 5.91 Å². The van der Waals surface area contributed by atoms with Gasteiger partial charge in [0, 0.05) is 26.1 Å². The number of rotatable bonds is 13. The number of aliphatic hydroxyl groups excluding tert-OH is 1. The van der Waals surface area contributed by atoms with E-state index < -0.39 is 11.2 Å². The number of benzene rings is 1. The summed E-state index contributed by atoms with van der Waals surface area (Å²) in [6, 6.07) is 5.76. The monoisotopic (exact) mass is 397 g/mol. The summed E-state index contributed by atoms with van der Waals surface area (Å²) < 4.78 is 11.4. The Labute approximate surface area is 163 Å². The molecule has 2 rings (SSSR count). The van der Waals surface area contributed by atoms with Gasteiger partial charge in [-0.3, -0.25) is 4.79 Å². The summed E-state index contributed by atoms with van der Waals surface area (Å²) in [5.41, 5.74) is 1.12. The third-order valence-electron chi connectivity index (χ3n) is 4.08. The largest absolute Gasteiger partial charge is 0.489 e. The fraction of sp³-hybridized carbons (Fsp3) is 0.611. The Bertz CT molecular complexity index is 642. The van der Waals surface area contributed by atoms with Crippen LogP contribution in [-0.4, -0.2) is 61.7 Å². The number of carbonyl (C=O) groups is 1. The van der Waals surface area contributed by atoms with Gasteiger partial charge in [0.05, 0.1) is 13.2 Å². The number of hydrogen-bond donors (Lipinski definition) is 3. The molecule has 1 amide bonds. The molecule has 0 saturated heterocycles. The standard InChI is InChI=1S/C18H27N3O7/c22-15(12-19-8-9-20-17(23)7-3-11-28-21(24)25)13-27-16-6-1-4-14-5-2-10-26-18(14)16/h1,4,6,15,19,22H,2-3,5,7-13H2,(H,20,23). The van der Waals surface area contributed by atoms with E-state index in [1.54, 1.807) is 0 Å². The SMILES string of the molecule is O=C(CCCO[N+](=O)[O-])NCCNCC(O)COc1cccc2c1OCCC2. The van der Waals surface area contributed by atoms with Gasteiger partial charge in [0.15, 0.2) is 11.5 Å². The number of aryl methyl sites for hydroxylation is 1. The van der Waals surface area contributed by atoms with Crippen LogP contribution in [0.5, 0.6) is 11.5 Å². The lowest BCUT2D eigenvalue weighted by Crippen LogP contribution is -2.37. The summed E-state index contributed by atoms with van der Waals surface area (Å²) in [5, 5.41) is 24.8. The first-order valence-corrected chi connectivity index (χ1v) is 9.36. The molecule has 28 heavy (non-hydrogen) atoms. The van der Waals surface area contributed by atoms with Crippen molar-refractivity contribution < 1.29 is 29.3 Å². The van der Waals surface area contributed by atoms with Crippen molar-refractivity contribution in [1.82, 2.24) is 10.6 Å². The second-order valence-electron chi connectivity index (χ2n) is 6.38. The molecule has 0 aliphatic carbocycles. The molecule has 10 nitrogen and oxygen atoms in total. The second-order valence-corrected chi connectivity index (χ2v) is 6.38. The molecule has 0 aromatic heterocycles. The summed E-state index contributed by atoms with van der Waals surface area (Å²) in [4.78, 5) is 25.6. The van der Waals surface area contributed by atoms with Crippen LogP contribution in [0.3, 0.4) is 0 Å². The number of fused-ring (bicyclic) bond motifs is 1. The number of nitrogens with zero attached hydrogens (tertiary/aromatic N) is 1. The number of carbonyl (C=O) groups excluding carboxylic acids is 1. The van der Waals surface area contributed by atoms with E-state index in [1.165, 1.54) is 0 Å². The first-order chi connectivity index (χ1) is 13.6. The molecule has 0 fully saturated rings. The van der Waals surface area contributed by atoms with Gasteiger partial charge < -0.3 is 30.1 Å². The molecule has 0 radical (unpaired) electrons. The Morgan fingerprint density at radius 3 is 3.07 bits per heavy atom. The van der Waals surface area contributed by atoms with Gasteiger partial charge in [-0.05, 0) is 30.9 Å². The quantitative estimate of drug-likeness (QED) is 0.248. The van der Waals surface area contributed by atoms with Crippen LogP contribution in [0.25, 0.3) is 0 Å². The van der Waals surface area contributed by atoms with Gasteiger partial charge >= 0.3 is 0 Å². The predicted octanol–water partition coefficient (Wildman–Crippen LogP) is 0.446. The fourth-order valence-electron chi connectivity index (χ4n) is 2.74. The highest BCUT2D eigenvalue weighted by atomic mass is 16.9. The highest BCUT2D eigenvalue weighted by molar-refractivity contribution is 5.75. The molecule has 1 unspecified atom stereocenters. The van der Waals surface area contributed by atoms with Crippen molar-refractivity contribution in [3.63, 3.8) is 0 Å². The second kappa shape index (κ2) is 12.0. The minimum atomic E-state index is -0.879. The van der Waals surface area contributed by atoms with Gasteiger partial charge in [0.2, 0.25) is 5.91 Å². The molecule has 156 valence electrons. The van der Waals surface area contributed by atoms with E-state index >= 15 is 0 Å². The van der Waals surface area contributed by atoms with Crippen LogP contribution in [0.4, 0.5) is 0 Å². The summed E-state index contributed by atoms with van der Waals surface area (Å²) in [6.07, 6.45) is 1.70. The number of ether oxygens (including phenoxy) is 2. The zero-order chi connectivity index (χ0) is 20.2. The maximum absolute atomic E-state index is 11.5. The maximum atomic E-state index is 11.5. The van der Waals surface area contributed by atoms with Crippen molar-refractivity contribution in [2.24, 2.45) is 0 Å². The van der Waals surface area contributed by atoms with Crippen LogP contribution in [0.1, 0.15) is 24.8 Å². The first kappa shape index (κ1) is 21.7. The van der Waals surface area contributed by atoms with Gasteiger partial charge in [-0.2, -0.15) is 0 Å². The topological polar surface area (TPSA) is 132 Å². The molecule has 0 saturated carbocycles. The Hall–Kier alpha value is -2.59. The zero-order valence-corrected chi connectivity index (χ0v) is 15.7. The Morgan fingerprint density at radius 2 is 2.25 bits per heavy atom. The molecule has 0 bridgehead atoms. The smallest absolute Gasteiger partial charge is 0.294 e. The lowest BCUT2D eigenvalue weighted by Gasteiger charge is -2.21. The minimum Gasteiger partial charge on any atom is -0.489 e. The number of amides is 1. The lowest BCUT2D eigenvalue weighted by atomic mass is 10.1. The average Bonchev–Trinajstić information content (AvgIpc) is 2.69. The van der Waals surface area contributed by atoms with Gasteiger partial charge in [0.1, 0.15) is 12.7 Å². The van der Waals surface area contributed by atoms with Crippen molar-refractivity contribution in [3.05, 3.63) is 33.9 Å². The molecule has 1 aliphatic heterocycles. The molecule has 1 heterocycles. The number of nitrogens with one attached hydrogen (secondary N) is 2. The van der Waals surface area contributed by atoms with Gasteiger partial charge in [0.25, 0.3) is 5.09 Å². The van der Waals surface area contributed by atoms with Crippen molar-refractivity contribution in [3.8, 4) is 11.5 Å². The van der Waals surface area contributed by atoms with Crippen LogP contribution in [0, 0.1) is 10.1 Å². The lowest BCUT2D eigenvalue weighted by molar-refractivity contribution is -0.757. The van der Waals surface area contributed by atoms with Crippen LogP contribution in [-0.2, 0) is 16.1 Å². The normalized spacial score (nSPS) is 13.8. The summed E-state index contributed by atoms with van der Waals surface area (Å²) >= 11 is 0. The summed E-state index contributed by atoms with van der Waals surface area (Å²) in [7, 11) is 0. The minimum absolute atomic E-state index is 0.0967. The Kier molecular flexibility index (Phi) is 9.29. The number of hydrogen-bond acceptors (Lipinski definition) is 8. The molecule has 1 aromatic rings. The number of aliphatic hydroxyl groups is 1.